The number of carbonyl (C=O) groups is 1. The zero-order valence-corrected chi connectivity index (χ0v) is 17.0. The lowest BCUT2D eigenvalue weighted by Gasteiger charge is -2.26. The second-order valence-corrected chi connectivity index (χ2v) is 7.58. The van der Waals surface area contributed by atoms with Crippen LogP contribution >= 0.6 is 23.2 Å². The van der Waals surface area contributed by atoms with Crippen LogP contribution in [0.25, 0.3) is 0 Å². The summed E-state index contributed by atoms with van der Waals surface area (Å²) in [6, 6.07) is 24.7. The van der Waals surface area contributed by atoms with Gasteiger partial charge in [0, 0.05) is 6.07 Å². The van der Waals surface area contributed by atoms with Crippen molar-refractivity contribution in [2.75, 3.05) is 13.2 Å². The molecular weight excluding hydrogens is 409 g/mol. The van der Waals surface area contributed by atoms with Gasteiger partial charge >= 0.3 is 6.09 Å². The molecule has 4 nitrogen and oxygen atoms in total. The molecule has 1 heterocycles. The molecule has 0 bridgehead atoms. The average Bonchev–Trinajstić information content (AvgIpc) is 3.11. The topological polar surface area (TPSA) is 38.8 Å². The molecule has 4 rings (SSSR count). The van der Waals surface area contributed by atoms with E-state index < -0.39 is 0 Å². The van der Waals surface area contributed by atoms with Crippen molar-refractivity contribution in [3.63, 3.8) is 0 Å². The number of benzene rings is 3. The van der Waals surface area contributed by atoms with Crippen molar-refractivity contribution in [1.82, 2.24) is 4.90 Å². The van der Waals surface area contributed by atoms with Crippen LogP contribution in [0.5, 0.6) is 5.75 Å². The normalized spacial score (nSPS) is 16.2. The van der Waals surface area contributed by atoms with E-state index in [0.717, 1.165) is 11.1 Å². The Hall–Kier alpha value is -2.69. The summed E-state index contributed by atoms with van der Waals surface area (Å²) in [7, 11) is 0. The second-order valence-electron chi connectivity index (χ2n) is 6.77. The zero-order chi connectivity index (χ0) is 20.2. The average molecular weight is 428 g/mol. The SMILES string of the molecule is O=C1OC(COc2ccc(Cl)c(Cl)c2)CN1C(c1ccccc1)c1ccccc1. The first-order valence-corrected chi connectivity index (χ1v) is 10.0. The third-order valence-corrected chi connectivity index (χ3v) is 5.51. The van der Waals surface area contributed by atoms with Gasteiger partial charge in [-0.2, -0.15) is 0 Å². The van der Waals surface area contributed by atoms with Crippen molar-refractivity contribution in [1.29, 1.82) is 0 Å². The van der Waals surface area contributed by atoms with Crippen LogP contribution in [-0.2, 0) is 4.74 Å². The van der Waals surface area contributed by atoms with Gasteiger partial charge < -0.3 is 9.47 Å². The summed E-state index contributed by atoms with van der Waals surface area (Å²) in [5.41, 5.74) is 2.06. The van der Waals surface area contributed by atoms with E-state index in [2.05, 4.69) is 0 Å². The van der Waals surface area contributed by atoms with E-state index in [1.807, 2.05) is 60.7 Å². The van der Waals surface area contributed by atoms with Crippen LogP contribution in [0.3, 0.4) is 0 Å². The van der Waals surface area contributed by atoms with E-state index >= 15 is 0 Å². The summed E-state index contributed by atoms with van der Waals surface area (Å²) in [6.45, 7) is 0.658. The number of nitrogens with zero attached hydrogens (tertiary/aromatic N) is 1. The van der Waals surface area contributed by atoms with E-state index in [-0.39, 0.29) is 24.8 Å². The van der Waals surface area contributed by atoms with Crippen molar-refractivity contribution in [2.24, 2.45) is 0 Å². The standard InChI is InChI=1S/C23H19Cl2NO3/c24-20-12-11-18(13-21(20)25)28-15-19-14-26(23(27)29-19)22(16-7-3-1-4-8-16)17-9-5-2-6-10-17/h1-13,19,22H,14-15H2. The van der Waals surface area contributed by atoms with Crippen molar-refractivity contribution in [2.45, 2.75) is 12.1 Å². The van der Waals surface area contributed by atoms with Gasteiger partial charge in [0.1, 0.15) is 12.4 Å². The van der Waals surface area contributed by atoms with Crippen LogP contribution in [0, 0.1) is 0 Å². The lowest BCUT2D eigenvalue weighted by Crippen LogP contribution is -2.32. The Morgan fingerprint density at radius 1 is 0.931 bits per heavy atom. The second kappa shape index (κ2) is 8.76. The summed E-state index contributed by atoms with van der Waals surface area (Å²) in [5, 5.41) is 0.883. The third-order valence-electron chi connectivity index (χ3n) is 4.77. The van der Waals surface area contributed by atoms with Crippen molar-refractivity contribution in [3.05, 3.63) is 100 Å². The molecule has 1 fully saturated rings. The molecule has 0 radical (unpaired) electrons. The zero-order valence-electron chi connectivity index (χ0n) is 15.5. The highest BCUT2D eigenvalue weighted by molar-refractivity contribution is 6.42. The van der Waals surface area contributed by atoms with Crippen LogP contribution in [0.15, 0.2) is 78.9 Å². The van der Waals surface area contributed by atoms with Crippen LogP contribution < -0.4 is 4.74 Å². The Kier molecular flexibility index (Phi) is 5.93. The van der Waals surface area contributed by atoms with E-state index in [0.29, 0.717) is 22.3 Å². The minimum Gasteiger partial charge on any atom is -0.490 e. The molecule has 1 atom stereocenters. The Morgan fingerprint density at radius 2 is 1.55 bits per heavy atom. The molecule has 3 aromatic rings. The molecule has 3 aromatic carbocycles. The number of hydrogen-bond donors (Lipinski definition) is 0. The van der Waals surface area contributed by atoms with Gasteiger partial charge in [0.05, 0.1) is 22.6 Å². The highest BCUT2D eigenvalue weighted by Gasteiger charge is 2.37. The first kappa shape index (κ1) is 19.6. The predicted octanol–water partition coefficient (Wildman–Crippen LogP) is 5.98. The lowest BCUT2D eigenvalue weighted by atomic mass is 9.97. The fourth-order valence-corrected chi connectivity index (χ4v) is 3.71. The summed E-state index contributed by atoms with van der Waals surface area (Å²) in [6.07, 6.45) is -0.739. The van der Waals surface area contributed by atoms with Gasteiger partial charge in [-0.05, 0) is 23.3 Å². The molecule has 0 aliphatic carbocycles. The number of ether oxygens (including phenoxy) is 2. The molecule has 1 amide bonds. The molecule has 0 spiro atoms. The molecule has 1 aliphatic rings. The molecule has 0 saturated carbocycles. The van der Waals surface area contributed by atoms with E-state index in [1.165, 1.54) is 0 Å². The Morgan fingerprint density at radius 3 is 2.14 bits per heavy atom. The first-order valence-electron chi connectivity index (χ1n) is 9.27. The largest absolute Gasteiger partial charge is 0.490 e. The predicted molar refractivity (Wildman–Crippen MR) is 114 cm³/mol. The minimum absolute atomic E-state index is 0.222. The van der Waals surface area contributed by atoms with E-state index in [4.69, 9.17) is 32.7 Å². The molecule has 1 unspecified atom stereocenters. The molecule has 0 aromatic heterocycles. The Labute approximate surface area is 179 Å². The Balaban J connectivity index is 1.51. The molecule has 1 aliphatic heterocycles. The van der Waals surface area contributed by atoms with Crippen LogP contribution in [-0.4, -0.2) is 30.2 Å². The van der Waals surface area contributed by atoms with E-state index in [9.17, 15) is 4.79 Å². The summed E-state index contributed by atoms with van der Waals surface area (Å²) >= 11 is 12.0. The van der Waals surface area contributed by atoms with Crippen LogP contribution in [0.1, 0.15) is 17.2 Å². The molecule has 0 N–H and O–H groups in total. The van der Waals surface area contributed by atoms with Crippen LogP contribution in [0.2, 0.25) is 10.0 Å². The highest BCUT2D eigenvalue weighted by Crippen LogP contribution is 2.32. The molecule has 6 heteroatoms. The van der Waals surface area contributed by atoms with Gasteiger partial charge in [0.2, 0.25) is 0 Å². The van der Waals surface area contributed by atoms with Gasteiger partial charge in [-0.1, -0.05) is 83.9 Å². The molecule has 148 valence electrons. The summed E-state index contributed by atoms with van der Waals surface area (Å²) in [5.74, 6) is 0.580. The van der Waals surface area contributed by atoms with E-state index in [1.54, 1.807) is 23.1 Å². The van der Waals surface area contributed by atoms with Gasteiger partial charge in [-0.25, -0.2) is 4.79 Å². The summed E-state index contributed by atoms with van der Waals surface area (Å²) < 4.78 is 11.3. The molecule has 29 heavy (non-hydrogen) atoms. The van der Waals surface area contributed by atoms with Crippen molar-refractivity contribution in [3.8, 4) is 5.75 Å². The van der Waals surface area contributed by atoms with Gasteiger partial charge in [-0.3, -0.25) is 4.90 Å². The number of hydrogen-bond acceptors (Lipinski definition) is 3. The number of cyclic esters (lactones) is 1. The highest BCUT2D eigenvalue weighted by atomic mass is 35.5. The monoisotopic (exact) mass is 427 g/mol. The van der Waals surface area contributed by atoms with Crippen molar-refractivity contribution >= 4 is 29.3 Å². The fraction of sp³-hybridized carbons (Fsp3) is 0.174. The number of rotatable bonds is 6. The fourth-order valence-electron chi connectivity index (χ4n) is 3.42. The number of amides is 1. The third kappa shape index (κ3) is 4.50. The van der Waals surface area contributed by atoms with Gasteiger partial charge in [0.25, 0.3) is 0 Å². The first-order chi connectivity index (χ1) is 14.1. The van der Waals surface area contributed by atoms with Crippen LogP contribution in [0.4, 0.5) is 4.79 Å². The van der Waals surface area contributed by atoms with Crippen molar-refractivity contribution < 1.29 is 14.3 Å². The smallest absolute Gasteiger partial charge is 0.411 e. The molecular formula is C23H19Cl2NO3. The summed E-state index contributed by atoms with van der Waals surface area (Å²) in [4.78, 5) is 14.4. The quantitative estimate of drug-likeness (QED) is 0.485. The maximum atomic E-state index is 12.7. The maximum absolute atomic E-state index is 12.7. The lowest BCUT2D eigenvalue weighted by molar-refractivity contribution is 0.102. The van der Waals surface area contributed by atoms with Gasteiger partial charge in [-0.15, -0.1) is 0 Å². The number of carbonyl (C=O) groups excluding carboxylic acids is 1. The Bertz CT molecular complexity index is 942. The number of halogens is 2. The maximum Gasteiger partial charge on any atom is 0.411 e. The van der Waals surface area contributed by atoms with Gasteiger partial charge in [0.15, 0.2) is 6.10 Å². The molecule has 1 saturated heterocycles. The minimum atomic E-state index is -0.383.